The van der Waals surface area contributed by atoms with E-state index in [1.807, 2.05) is 0 Å². The first-order valence-corrected chi connectivity index (χ1v) is 6.82. The number of hydrogen-bond acceptors (Lipinski definition) is 1. The van der Waals surface area contributed by atoms with Crippen molar-refractivity contribution in [3.8, 4) is 0 Å². The van der Waals surface area contributed by atoms with E-state index < -0.39 is 0 Å². The summed E-state index contributed by atoms with van der Waals surface area (Å²) >= 11 is 0. The Bertz CT molecular complexity index is 217. The number of carbonyl (C=O) groups excluding carboxylic acids is 1. The van der Waals surface area contributed by atoms with E-state index in [-0.39, 0.29) is 0 Å². The van der Waals surface area contributed by atoms with E-state index in [0.29, 0.717) is 11.7 Å². The molecule has 2 aliphatic rings. The van der Waals surface area contributed by atoms with E-state index in [0.717, 1.165) is 18.3 Å². The Morgan fingerprint density at radius 3 is 2.33 bits per heavy atom. The Labute approximate surface area is 93.6 Å². The van der Waals surface area contributed by atoms with Crippen LogP contribution in [0.5, 0.6) is 0 Å². The summed E-state index contributed by atoms with van der Waals surface area (Å²) in [5.74, 6) is 2.63. The van der Waals surface area contributed by atoms with Gasteiger partial charge in [-0.3, -0.25) is 4.79 Å². The smallest absolute Gasteiger partial charge is 0.136 e. The summed E-state index contributed by atoms with van der Waals surface area (Å²) in [6.45, 7) is 2.27. The van der Waals surface area contributed by atoms with Gasteiger partial charge in [0, 0.05) is 12.3 Å². The number of hydrogen-bond donors (Lipinski definition) is 0. The van der Waals surface area contributed by atoms with Crippen molar-refractivity contribution in [2.75, 3.05) is 0 Å². The summed E-state index contributed by atoms with van der Waals surface area (Å²) in [5.41, 5.74) is 0. The van der Waals surface area contributed by atoms with Gasteiger partial charge in [0.15, 0.2) is 0 Å². The molecule has 2 fully saturated rings. The van der Waals surface area contributed by atoms with Crippen molar-refractivity contribution in [1.29, 1.82) is 0 Å². The minimum Gasteiger partial charge on any atom is -0.299 e. The third-order valence-corrected chi connectivity index (χ3v) is 4.53. The second-order valence-electron chi connectivity index (χ2n) is 5.61. The Kier molecular flexibility index (Phi) is 3.82. The zero-order chi connectivity index (χ0) is 10.7. The summed E-state index contributed by atoms with van der Waals surface area (Å²) in [4.78, 5) is 12.1. The molecule has 0 spiro atoms. The van der Waals surface area contributed by atoms with Gasteiger partial charge in [-0.2, -0.15) is 0 Å². The molecule has 0 aromatic heterocycles. The molecule has 0 saturated heterocycles. The quantitative estimate of drug-likeness (QED) is 0.683. The Hall–Kier alpha value is -0.330. The van der Waals surface area contributed by atoms with Crippen molar-refractivity contribution >= 4 is 5.78 Å². The average molecular weight is 208 g/mol. The molecule has 1 heteroatoms. The van der Waals surface area contributed by atoms with Crippen LogP contribution in [0.25, 0.3) is 0 Å². The van der Waals surface area contributed by atoms with Crippen LogP contribution in [0.1, 0.15) is 64.7 Å². The molecule has 0 amide bonds. The Morgan fingerprint density at radius 1 is 1.07 bits per heavy atom. The first-order chi connectivity index (χ1) is 7.29. The zero-order valence-electron chi connectivity index (χ0n) is 10.0. The van der Waals surface area contributed by atoms with Gasteiger partial charge in [-0.05, 0) is 24.7 Å². The van der Waals surface area contributed by atoms with Crippen molar-refractivity contribution in [3.63, 3.8) is 0 Å². The van der Waals surface area contributed by atoms with Crippen molar-refractivity contribution < 1.29 is 4.79 Å². The second kappa shape index (κ2) is 5.14. The fraction of sp³-hybridized carbons (Fsp3) is 0.929. The fourth-order valence-electron chi connectivity index (χ4n) is 3.10. The van der Waals surface area contributed by atoms with Gasteiger partial charge >= 0.3 is 0 Å². The van der Waals surface area contributed by atoms with E-state index in [2.05, 4.69) is 6.92 Å². The lowest BCUT2D eigenvalue weighted by molar-refractivity contribution is -0.125. The van der Waals surface area contributed by atoms with E-state index >= 15 is 0 Å². The van der Waals surface area contributed by atoms with Crippen LogP contribution in [0, 0.1) is 17.8 Å². The van der Waals surface area contributed by atoms with Crippen LogP contribution in [0.15, 0.2) is 0 Å². The number of rotatable bonds is 4. The van der Waals surface area contributed by atoms with E-state index in [9.17, 15) is 4.79 Å². The summed E-state index contributed by atoms with van der Waals surface area (Å²) in [7, 11) is 0. The van der Waals surface area contributed by atoms with E-state index in [1.54, 1.807) is 0 Å². The molecule has 0 radical (unpaired) electrons. The third-order valence-electron chi connectivity index (χ3n) is 4.53. The van der Waals surface area contributed by atoms with Crippen molar-refractivity contribution in [1.82, 2.24) is 0 Å². The van der Waals surface area contributed by atoms with Gasteiger partial charge in [0.2, 0.25) is 0 Å². The molecule has 2 atom stereocenters. The number of ketones is 1. The molecular weight excluding hydrogens is 184 g/mol. The van der Waals surface area contributed by atoms with E-state index in [4.69, 9.17) is 0 Å². The zero-order valence-corrected chi connectivity index (χ0v) is 10.0. The molecule has 0 bridgehead atoms. The number of carbonyl (C=O) groups is 1. The maximum absolute atomic E-state index is 12.1. The maximum atomic E-state index is 12.1. The molecule has 2 aliphatic carbocycles. The van der Waals surface area contributed by atoms with Crippen molar-refractivity contribution in [2.24, 2.45) is 17.8 Å². The lowest BCUT2D eigenvalue weighted by Gasteiger charge is -2.30. The molecule has 0 aromatic rings. The highest BCUT2D eigenvalue weighted by atomic mass is 16.1. The Morgan fingerprint density at radius 2 is 1.73 bits per heavy atom. The van der Waals surface area contributed by atoms with Gasteiger partial charge in [-0.1, -0.05) is 45.4 Å². The molecule has 2 unspecified atom stereocenters. The largest absolute Gasteiger partial charge is 0.299 e. The molecule has 0 N–H and O–H groups in total. The SMILES string of the molecule is CCC1CCCC(C(=O)CC2CCC2)C1. The second-order valence-corrected chi connectivity index (χ2v) is 5.61. The molecule has 15 heavy (non-hydrogen) atoms. The summed E-state index contributed by atoms with van der Waals surface area (Å²) < 4.78 is 0. The van der Waals surface area contributed by atoms with Crippen LogP contribution < -0.4 is 0 Å². The van der Waals surface area contributed by atoms with Gasteiger partial charge in [0.05, 0.1) is 0 Å². The molecule has 0 aliphatic heterocycles. The molecule has 2 rings (SSSR count). The highest BCUT2D eigenvalue weighted by molar-refractivity contribution is 5.81. The topological polar surface area (TPSA) is 17.1 Å². The van der Waals surface area contributed by atoms with Gasteiger partial charge in [0.25, 0.3) is 0 Å². The third kappa shape index (κ3) is 2.83. The van der Waals surface area contributed by atoms with Crippen LogP contribution >= 0.6 is 0 Å². The Balaban J connectivity index is 1.78. The normalized spacial score (nSPS) is 32.3. The van der Waals surface area contributed by atoms with E-state index in [1.165, 1.54) is 51.4 Å². The standard InChI is InChI=1S/C14H24O/c1-2-11-5-4-8-13(9-11)14(15)10-12-6-3-7-12/h11-13H,2-10H2,1H3. The van der Waals surface area contributed by atoms with Gasteiger partial charge in [-0.15, -0.1) is 0 Å². The summed E-state index contributed by atoms with van der Waals surface area (Å²) in [6.07, 6.45) is 11.2. The minimum atomic E-state index is 0.435. The predicted molar refractivity (Wildman–Crippen MR) is 62.7 cm³/mol. The van der Waals surface area contributed by atoms with Crippen LogP contribution in [0.4, 0.5) is 0 Å². The highest BCUT2D eigenvalue weighted by Gasteiger charge is 2.29. The predicted octanol–water partition coefficient (Wildman–Crippen LogP) is 3.96. The fourth-order valence-corrected chi connectivity index (χ4v) is 3.10. The molecule has 1 nitrogen and oxygen atoms in total. The van der Waals surface area contributed by atoms with Crippen molar-refractivity contribution in [2.45, 2.75) is 64.7 Å². The van der Waals surface area contributed by atoms with Crippen LogP contribution in [-0.2, 0) is 4.79 Å². The first kappa shape index (κ1) is 11.2. The van der Waals surface area contributed by atoms with Gasteiger partial charge in [-0.25, -0.2) is 0 Å². The molecule has 2 saturated carbocycles. The minimum absolute atomic E-state index is 0.435. The monoisotopic (exact) mass is 208 g/mol. The number of Topliss-reactive ketones (excluding diaryl/α,β-unsaturated/α-hetero) is 1. The van der Waals surface area contributed by atoms with Gasteiger partial charge in [0.1, 0.15) is 5.78 Å². The average Bonchev–Trinajstić information content (AvgIpc) is 2.23. The lowest BCUT2D eigenvalue weighted by Crippen LogP contribution is -2.26. The molecule has 0 aromatic carbocycles. The summed E-state index contributed by atoms with van der Waals surface area (Å²) in [6, 6.07) is 0. The van der Waals surface area contributed by atoms with Crippen LogP contribution in [0.3, 0.4) is 0 Å². The van der Waals surface area contributed by atoms with Gasteiger partial charge < -0.3 is 0 Å². The first-order valence-electron chi connectivity index (χ1n) is 6.82. The molecule has 86 valence electrons. The highest BCUT2D eigenvalue weighted by Crippen LogP contribution is 2.35. The maximum Gasteiger partial charge on any atom is 0.136 e. The molecular formula is C14H24O. The molecule has 0 heterocycles. The lowest BCUT2D eigenvalue weighted by atomic mass is 9.74. The van der Waals surface area contributed by atoms with Crippen LogP contribution in [-0.4, -0.2) is 5.78 Å². The van der Waals surface area contributed by atoms with Crippen LogP contribution in [0.2, 0.25) is 0 Å². The van der Waals surface area contributed by atoms with Crippen molar-refractivity contribution in [3.05, 3.63) is 0 Å². The summed E-state index contributed by atoms with van der Waals surface area (Å²) in [5, 5.41) is 0.